The van der Waals surface area contributed by atoms with Crippen LogP contribution in [0.1, 0.15) is 48.4 Å². The zero-order valence-electron chi connectivity index (χ0n) is 24.8. The predicted octanol–water partition coefficient (Wildman–Crippen LogP) is 6.65. The summed E-state index contributed by atoms with van der Waals surface area (Å²) in [7, 11) is 3.06. The van der Waals surface area contributed by atoms with Gasteiger partial charge in [0, 0.05) is 5.56 Å². The number of aryl methyl sites for hydroxylation is 1. The van der Waals surface area contributed by atoms with Gasteiger partial charge in [-0.05, 0) is 78.6 Å². The zero-order valence-corrected chi connectivity index (χ0v) is 25.7. The van der Waals surface area contributed by atoms with E-state index >= 15 is 0 Å². The zero-order chi connectivity index (χ0) is 30.5. The van der Waals surface area contributed by atoms with Gasteiger partial charge in [0.25, 0.3) is 5.91 Å². The third-order valence-corrected chi connectivity index (χ3v) is 8.13. The number of aliphatic imine (C=N–C) groups is 1. The van der Waals surface area contributed by atoms with Crippen LogP contribution in [0.5, 0.6) is 23.0 Å². The first kappa shape index (κ1) is 29.9. The highest BCUT2D eigenvalue weighted by molar-refractivity contribution is 8.27. The first-order valence-electron chi connectivity index (χ1n) is 14.0. The Morgan fingerprint density at radius 3 is 2.35 bits per heavy atom. The van der Waals surface area contributed by atoms with Crippen molar-refractivity contribution < 1.29 is 23.7 Å². The van der Waals surface area contributed by atoms with E-state index in [0.29, 0.717) is 45.5 Å². The summed E-state index contributed by atoms with van der Waals surface area (Å²) >= 11 is 1.27. The molecule has 10 heteroatoms. The molecule has 0 bridgehead atoms. The number of hydrazone groups is 1. The van der Waals surface area contributed by atoms with E-state index in [1.807, 2.05) is 43.3 Å². The van der Waals surface area contributed by atoms with Crippen LogP contribution in [0.2, 0.25) is 0 Å². The van der Waals surface area contributed by atoms with Gasteiger partial charge in [0.1, 0.15) is 24.0 Å². The van der Waals surface area contributed by atoms with Gasteiger partial charge in [0.05, 0.1) is 19.8 Å². The lowest BCUT2D eigenvalue weighted by Crippen LogP contribution is -2.35. The van der Waals surface area contributed by atoms with E-state index < -0.39 is 5.91 Å². The fourth-order valence-corrected chi connectivity index (χ4v) is 5.50. The van der Waals surface area contributed by atoms with E-state index in [2.05, 4.69) is 36.1 Å². The van der Waals surface area contributed by atoms with Gasteiger partial charge < -0.3 is 18.9 Å². The van der Waals surface area contributed by atoms with Crippen molar-refractivity contribution in [2.45, 2.75) is 33.1 Å². The number of methoxy groups -OCH3 is 2. The summed E-state index contributed by atoms with van der Waals surface area (Å²) in [5.74, 6) is 1.95. The van der Waals surface area contributed by atoms with Crippen molar-refractivity contribution in [1.82, 2.24) is 5.01 Å². The minimum absolute atomic E-state index is 0.0576. The predicted molar refractivity (Wildman–Crippen MR) is 171 cm³/mol. The summed E-state index contributed by atoms with van der Waals surface area (Å²) in [6, 6.07) is 19.5. The van der Waals surface area contributed by atoms with E-state index in [1.165, 1.54) is 36.6 Å². The average Bonchev–Trinajstić information content (AvgIpc) is 3.45. The van der Waals surface area contributed by atoms with Crippen LogP contribution in [0.15, 0.2) is 76.3 Å². The SMILES string of the molecule is CC[C@H](C)c1ccc(OCCOc2c(OC)cc(/C=C3\C(=N)N4N=C(c5cccc(C)c5)SC4=NC3=O)cc2OC)cc1. The standard InChI is InChI=1S/C33H34N4O5S/c1-6-21(3)23-10-12-25(13-11-23)41-14-15-42-29-27(39-4)18-22(19-28(29)40-5)17-26-30(34)37-33(35-31(26)38)43-32(36-37)24-9-7-8-20(2)16-24/h7-13,16-19,21,34H,6,14-15H2,1-5H3/b26-17+,34-30?/t21-/m0/s1. The first-order valence-corrected chi connectivity index (χ1v) is 14.8. The van der Waals surface area contributed by atoms with Gasteiger partial charge in [-0.1, -0.05) is 49.7 Å². The molecular formula is C33H34N4O5S. The van der Waals surface area contributed by atoms with Crippen LogP contribution in [-0.2, 0) is 4.79 Å². The Kier molecular flexibility index (Phi) is 9.16. The quantitative estimate of drug-likeness (QED) is 0.195. The normalized spacial score (nSPS) is 16.0. The molecule has 0 saturated heterocycles. The van der Waals surface area contributed by atoms with Gasteiger partial charge in [-0.25, -0.2) is 0 Å². The lowest BCUT2D eigenvalue weighted by atomic mass is 9.99. The highest BCUT2D eigenvalue weighted by Gasteiger charge is 2.36. The van der Waals surface area contributed by atoms with Crippen molar-refractivity contribution >= 4 is 39.8 Å². The summed E-state index contributed by atoms with van der Waals surface area (Å²) in [4.78, 5) is 17.2. The third kappa shape index (κ3) is 6.59. The van der Waals surface area contributed by atoms with Crippen molar-refractivity contribution in [3.63, 3.8) is 0 Å². The molecule has 0 aromatic heterocycles. The topological polar surface area (TPSA) is 106 Å². The molecule has 0 spiro atoms. The maximum Gasteiger partial charge on any atom is 0.283 e. The maximum absolute atomic E-state index is 13.0. The van der Waals surface area contributed by atoms with Gasteiger partial charge in [-0.2, -0.15) is 15.1 Å². The van der Waals surface area contributed by atoms with Crippen molar-refractivity contribution in [1.29, 1.82) is 5.41 Å². The molecule has 1 atom stereocenters. The van der Waals surface area contributed by atoms with Crippen molar-refractivity contribution in [2.75, 3.05) is 27.4 Å². The number of hydrogen-bond donors (Lipinski definition) is 1. The number of rotatable bonds is 11. The maximum atomic E-state index is 13.0. The number of ether oxygens (including phenoxy) is 4. The van der Waals surface area contributed by atoms with Crippen molar-refractivity contribution in [3.05, 3.63) is 88.5 Å². The van der Waals surface area contributed by atoms with Gasteiger partial charge in [0.15, 0.2) is 17.3 Å². The van der Waals surface area contributed by atoms with Crippen LogP contribution < -0.4 is 18.9 Å². The molecule has 222 valence electrons. The molecule has 2 heterocycles. The molecule has 0 unspecified atom stereocenters. The summed E-state index contributed by atoms with van der Waals surface area (Å²) in [6.07, 6.45) is 2.67. The van der Waals surface area contributed by atoms with E-state index in [0.717, 1.165) is 23.3 Å². The fourth-order valence-electron chi connectivity index (χ4n) is 4.61. The minimum atomic E-state index is -0.517. The molecule has 0 aliphatic carbocycles. The summed E-state index contributed by atoms with van der Waals surface area (Å²) in [5, 5.41) is 15.7. The molecule has 2 aliphatic rings. The van der Waals surface area contributed by atoms with Crippen LogP contribution in [0.4, 0.5) is 0 Å². The van der Waals surface area contributed by atoms with E-state index in [-0.39, 0.29) is 18.0 Å². The minimum Gasteiger partial charge on any atom is -0.493 e. The lowest BCUT2D eigenvalue weighted by Gasteiger charge is -2.20. The molecule has 2 aliphatic heterocycles. The number of carbonyl (C=O) groups is 1. The van der Waals surface area contributed by atoms with Gasteiger partial charge >= 0.3 is 0 Å². The Balaban J connectivity index is 1.30. The molecule has 5 rings (SSSR count). The number of carbonyl (C=O) groups excluding carboxylic acids is 1. The molecule has 1 amide bonds. The Labute approximate surface area is 255 Å². The molecule has 3 aromatic carbocycles. The summed E-state index contributed by atoms with van der Waals surface area (Å²) in [6.45, 7) is 6.96. The number of hydrogen-bond acceptors (Lipinski definition) is 8. The van der Waals surface area contributed by atoms with E-state index in [1.54, 1.807) is 18.2 Å². The van der Waals surface area contributed by atoms with Crippen molar-refractivity contribution in [2.24, 2.45) is 10.1 Å². The van der Waals surface area contributed by atoms with E-state index in [4.69, 9.17) is 24.4 Å². The Hall–Kier alpha value is -4.57. The second kappa shape index (κ2) is 13.2. The molecule has 0 fully saturated rings. The van der Waals surface area contributed by atoms with Gasteiger partial charge in [0.2, 0.25) is 10.9 Å². The second-order valence-corrected chi connectivity index (χ2v) is 11.1. The molecule has 0 radical (unpaired) electrons. The average molecular weight is 599 g/mol. The molecular weight excluding hydrogens is 564 g/mol. The number of nitrogens with zero attached hydrogens (tertiary/aromatic N) is 3. The summed E-state index contributed by atoms with van der Waals surface area (Å²) < 4.78 is 23.1. The number of nitrogens with one attached hydrogen (secondary N) is 1. The lowest BCUT2D eigenvalue weighted by molar-refractivity contribution is -0.114. The summed E-state index contributed by atoms with van der Waals surface area (Å²) in [5.41, 5.74) is 3.97. The number of fused-ring (bicyclic) bond motifs is 1. The van der Waals surface area contributed by atoms with Gasteiger partial charge in [-0.3, -0.25) is 10.2 Å². The molecule has 1 N–H and O–H groups in total. The molecule has 9 nitrogen and oxygen atoms in total. The van der Waals surface area contributed by atoms with Crippen LogP contribution in [-0.4, -0.2) is 54.4 Å². The number of amides is 1. The number of benzene rings is 3. The highest BCUT2D eigenvalue weighted by atomic mass is 32.2. The van der Waals surface area contributed by atoms with E-state index in [9.17, 15) is 4.79 Å². The van der Waals surface area contributed by atoms with Crippen LogP contribution >= 0.6 is 11.8 Å². The van der Waals surface area contributed by atoms with Gasteiger partial charge in [-0.15, -0.1) is 0 Å². The monoisotopic (exact) mass is 598 g/mol. The number of amidine groups is 2. The Morgan fingerprint density at radius 1 is 1.00 bits per heavy atom. The number of thioether (sulfide) groups is 1. The fraction of sp³-hybridized carbons (Fsp3) is 0.273. The smallest absolute Gasteiger partial charge is 0.283 e. The Bertz CT molecular complexity index is 1610. The van der Waals surface area contributed by atoms with Crippen molar-refractivity contribution in [3.8, 4) is 23.0 Å². The third-order valence-electron chi connectivity index (χ3n) is 7.17. The second-order valence-electron chi connectivity index (χ2n) is 10.1. The highest BCUT2D eigenvalue weighted by Crippen LogP contribution is 2.40. The van der Waals surface area contributed by atoms with Crippen LogP contribution in [0.3, 0.4) is 0 Å². The van der Waals surface area contributed by atoms with Crippen LogP contribution in [0.25, 0.3) is 6.08 Å². The molecule has 0 saturated carbocycles. The molecule has 43 heavy (non-hydrogen) atoms. The Morgan fingerprint density at radius 2 is 1.70 bits per heavy atom. The molecule has 3 aromatic rings. The van der Waals surface area contributed by atoms with Crippen LogP contribution in [0, 0.1) is 12.3 Å². The largest absolute Gasteiger partial charge is 0.493 e. The first-order chi connectivity index (χ1) is 20.8.